The van der Waals surface area contributed by atoms with Crippen molar-refractivity contribution in [2.45, 2.75) is 25.9 Å². The zero-order chi connectivity index (χ0) is 15.2. The van der Waals surface area contributed by atoms with Gasteiger partial charge in [-0.15, -0.1) is 37.2 Å². The Labute approximate surface area is 162 Å². The van der Waals surface area contributed by atoms with Crippen LogP contribution in [0.1, 0.15) is 18.9 Å². The van der Waals surface area contributed by atoms with E-state index in [-0.39, 0.29) is 49.2 Å². The fourth-order valence-corrected chi connectivity index (χ4v) is 2.34. The van der Waals surface area contributed by atoms with Gasteiger partial charge in [0.05, 0.1) is 0 Å². The molecule has 140 valence electrons. The van der Waals surface area contributed by atoms with Gasteiger partial charge in [0.15, 0.2) is 0 Å². The minimum absolute atomic E-state index is 0. The summed E-state index contributed by atoms with van der Waals surface area (Å²) in [5.74, 6) is 0.977. The van der Waals surface area contributed by atoms with Crippen LogP contribution in [-0.2, 0) is 11.3 Å². The summed E-state index contributed by atoms with van der Waals surface area (Å²) in [5.41, 5.74) is 6.68. The molecule has 24 heavy (non-hydrogen) atoms. The van der Waals surface area contributed by atoms with E-state index in [9.17, 15) is 4.79 Å². The predicted octanol–water partition coefficient (Wildman–Crippen LogP) is 1.45. The van der Waals surface area contributed by atoms with Crippen molar-refractivity contribution in [3.05, 3.63) is 23.9 Å². The summed E-state index contributed by atoms with van der Waals surface area (Å²) in [6.07, 6.45) is 2.16. The van der Waals surface area contributed by atoms with E-state index in [1.807, 2.05) is 13.0 Å². The zero-order valence-electron chi connectivity index (χ0n) is 14.1. The van der Waals surface area contributed by atoms with Gasteiger partial charge in [0, 0.05) is 51.4 Å². The number of rotatable bonds is 5. The molecule has 1 atom stereocenters. The topological polar surface area (TPSA) is 74.5 Å². The number of carbonyl (C=O) groups excluding carboxylic acids is 1. The molecule has 6 nitrogen and oxygen atoms in total. The SMILES string of the molecule is CC(N)CC(=O)NCc1ccnc(N2CCN(C)CC2)c1.Cl.Cl.Cl. The third kappa shape index (κ3) is 8.35. The highest BCUT2D eigenvalue weighted by molar-refractivity contribution is 5.86. The first-order chi connectivity index (χ1) is 10.0. The molecule has 0 aromatic carbocycles. The molecule has 1 amide bonds. The van der Waals surface area contributed by atoms with Gasteiger partial charge in [0.25, 0.3) is 0 Å². The van der Waals surface area contributed by atoms with E-state index in [1.165, 1.54) is 0 Å². The van der Waals surface area contributed by atoms with Crippen LogP contribution >= 0.6 is 37.2 Å². The Morgan fingerprint density at radius 2 is 1.92 bits per heavy atom. The van der Waals surface area contributed by atoms with Crippen molar-refractivity contribution in [1.82, 2.24) is 15.2 Å². The second kappa shape index (κ2) is 12.6. The van der Waals surface area contributed by atoms with Gasteiger partial charge >= 0.3 is 0 Å². The van der Waals surface area contributed by atoms with Crippen molar-refractivity contribution >= 4 is 48.9 Å². The van der Waals surface area contributed by atoms with Crippen LogP contribution in [0.15, 0.2) is 18.3 Å². The summed E-state index contributed by atoms with van der Waals surface area (Å²) in [4.78, 5) is 20.7. The first-order valence-electron chi connectivity index (χ1n) is 7.45. The lowest BCUT2D eigenvalue weighted by Gasteiger charge is -2.33. The second-order valence-electron chi connectivity index (χ2n) is 5.77. The summed E-state index contributed by atoms with van der Waals surface area (Å²) in [7, 11) is 2.13. The highest BCUT2D eigenvalue weighted by Crippen LogP contribution is 2.14. The number of nitrogens with one attached hydrogen (secondary N) is 1. The Balaban J connectivity index is 0. The molecule has 1 fully saturated rings. The van der Waals surface area contributed by atoms with Gasteiger partial charge in [0.1, 0.15) is 5.82 Å². The minimum Gasteiger partial charge on any atom is -0.354 e. The van der Waals surface area contributed by atoms with E-state index in [1.54, 1.807) is 6.20 Å². The summed E-state index contributed by atoms with van der Waals surface area (Å²) in [6.45, 7) is 6.44. The van der Waals surface area contributed by atoms with E-state index >= 15 is 0 Å². The van der Waals surface area contributed by atoms with Gasteiger partial charge in [-0.2, -0.15) is 0 Å². The molecule has 1 unspecified atom stereocenters. The molecule has 1 saturated heterocycles. The molecule has 0 bridgehead atoms. The summed E-state index contributed by atoms with van der Waals surface area (Å²) in [6, 6.07) is 3.88. The van der Waals surface area contributed by atoms with Crippen molar-refractivity contribution in [2.75, 3.05) is 38.1 Å². The largest absolute Gasteiger partial charge is 0.354 e. The third-order valence-corrected chi connectivity index (χ3v) is 3.63. The number of amides is 1. The number of halogens is 3. The molecule has 1 aliphatic rings. The molecule has 0 aliphatic carbocycles. The predicted molar refractivity (Wildman–Crippen MR) is 106 cm³/mol. The molecular weight excluding hydrogens is 373 g/mol. The fourth-order valence-electron chi connectivity index (χ4n) is 2.34. The fraction of sp³-hybridized carbons (Fsp3) is 0.600. The standard InChI is InChI=1S/C15H25N5O.3ClH/c1-12(16)9-15(21)18-11-13-3-4-17-14(10-13)20-7-5-19(2)6-8-20;;;/h3-4,10,12H,5-9,11,16H2,1-2H3,(H,18,21);3*1H. The van der Waals surface area contributed by atoms with Gasteiger partial charge in [-0.3, -0.25) is 4.79 Å². The van der Waals surface area contributed by atoms with Gasteiger partial charge < -0.3 is 20.9 Å². The number of likely N-dealkylation sites (N-methyl/N-ethyl adjacent to an activating group) is 1. The van der Waals surface area contributed by atoms with E-state index in [0.717, 1.165) is 37.6 Å². The minimum atomic E-state index is -0.108. The number of hydrogen-bond acceptors (Lipinski definition) is 5. The lowest BCUT2D eigenvalue weighted by Crippen LogP contribution is -2.44. The molecule has 0 saturated carbocycles. The van der Waals surface area contributed by atoms with Gasteiger partial charge in [-0.25, -0.2) is 4.98 Å². The van der Waals surface area contributed by atoms with Crippen LogP contribution < -0.4 is 16.0 Å². The second-order valence-corrected chi connectivity index (χ2v) is 5.77. The maximum atomic E-state index is 11.6. The molecule has 1 aliphatic heterocycles. The highest BCUT2D eigenvalue weighted by Gasteiger charge is 2.15. The Hall–Kier alpha value is -0.790. The number of hydrogen-bond donors (Lipinski definition) is 2. The average Bonchev–Trinajstić information content (AvgIpc) is 2.45. The van der Waals surface area contributed by atoms with Gasteiger partial charge in [0.2, 0.25) is 5.91 Å². The molecule has 9 heteroatoms. The molecule has 3 N–H and O–H groups in total. The average molecular weight is 401 g/mol. The Kier molecular flexibility index (Phi) is 13.3. The number of aromatic nitrogens is 1. The van der Waals surface area contributed by atoms with E-state index in [2.05, 4.69) is 33.2 Å². The molecule has 2 heterocycles. The normalized spacial score (nSPS) is 15.4. The Morgan fingerprint density at radius 1 is 1.29 bits per heavy atom. The molecule has 0 spiro atoms. The van der Waals surface area contributed by atoms with Crippen molar-refractivity contribution in [3.63, 3.8) is 0 Å². The Morgan fingerprint density at radius 3 is 2.50 bits per heavy atom. The maximum Gasteiger partial charge on any atom is 0.221 e. The van der Waals surface area contributed by atoms with Crippen molar-refractivity contribution in [1.29, 1.82) is 0 Å². The number of carbonyl (C=O) groups is 1. The first kappa shape index (κ1) is 25.5. The molecule has 1 aromatic rings. The first-order valence-corrected chi connectivity index (χ1v) is 7.45. The van der Waals surface area contributed by atoms with Crippen LogP contribution in [-0.4, -0.2) is 55.1 Å². The van der Waals surface area contributed by atoms with Crippen LogP contribution in [0.5, 0.6) is 0 Å². The smallest absolute Gasteiger partial charge is 0.221 e. The number of pyridine rings is 1. The summed E-state index contributed by atoms with van der Waals surface area (Å²) >= 11 is 0. The molecular formula is C15H28Cl3N5O. The van der Waals surface area contributed by atoms with Gasteiger partial charge in [-0.05, 0) is 31.7 Å². The maximum absolute atomic E-state index is 11.6. The summed E-state index contributed by atoms with van der Waals surface area (Å²) < 4.78 is 0. The van der Waals surface area contributed by atoms with Crippen molar-refractivity contribution < 1.29 is 4.79 Å². The lowest BCUT2D eigenvalue weighted by molar-refractivity contribution is -0.121. The van der Waals surface area contributed by atoms with Crippen LogP contribution in [0.3, 0.4) is 0 Å². The van der Waals surface area contributed by atoms with Crippen LogP contribution in [0, 0.1) is 0 Å². The van der Waals surface area contributed by atoms with Crippen molar-refractivity contribution in [2.24, 2.45) is 5.73 Å². The van der Waals surface area contributed by atoms with Gasteiger partial charge in [-0.1, -0.05) is 0 Å². The summed E-state index contributed by atoms with van der Waals surface area (Å²) in [5, 5.41) is 2.89. The zero-order valence-corrected chi connectivity index (χ0v) is 16.6. The monoisotopic (exact) mass is 399 g/mol. The quantitative estimate of drug-likeness (QED) is 0.782. The number of anilines is 1. The Bertz CT molecular complexity index is 482. The number of nitrogens with zero attached hydrogens (tertiary/aromatic N) is 3. The van der Waals surface area contributed by atoms with Crippen LogP contribution in [0.2, 0.25) is 0 Å². The molecule has 0 radical (unpaired) electrons. The third-order valence-electron chi connectivity index (χ3n) is 3.63. The van der Waals surface area contributed by atoms with Crippen LogP contribution in [0.25, 0.3) is 0 Å². The highest BCUT2D eigenvalue weighted by atomic mass is 35.5. The molecule has 2 rings (SSSR count). The lowest BCUT2D eigenvalue weighted by atomic mass is 10.2. The molecule has 1 aromatic heterocycles. The van der Waals surface area contributed by atoms with Crippen molar-refractivity contribution in [3.8, 4) is 0 Å². The number of nitrogens with two attached hydrogens (primary N) is 1. The number of piperazine rings is 1. The van der Waals surface area contributed by atoms with Crippen LogP contribution in [0.4, 0.5) is 5.82 Å². The van der Waals surface area contributed by atoms with E-state index in [4.69, 9.17) is 5.73 Å². The van der Waals surface area contributed by atoms with E-state index in [0.29, 0.717) is 13.0 Å². The van der Waals surface area contributed by atoms with E-state index < -0.39 is 0 Å².